The lowest BCUT2D eigenvalue weighted by Crippen LogP contribution is -2.54. The Kier molecular flexibility index (Phi) is 5.58. The standard InChI is InChI=1S/C26H24N2O3/c1-3-31-25(30)18-24-27-23-17-11-10-16-22(23)26(28(24)19(2)29,20-12-6-4-7-13-20)21-14-8-5-9-15-21/h4-18,27H,3H2,1-2H3/b24-18-. The average Bonchev–Trinajstić information content (AvgIpc) is 2.79. The number of carbonyl (C=O) groups excluding carboxylic acids is 2. The van der Waals surface area contributed by atoms with Crippen molar-refractivity contribution in [3.8, 4) is 0 Å². The lowest BCUT2D eigenvalue weighted by atomic mass is 9.73. The number of nitrogens with one attached hydrogen (secondary N) is 1. The van der Waals surface area contributed by atoms with Gasteiger partial charge in [0.05, 0.1) is 12.7 Å². The smallest absolute Gasteiger partial charge is 0.334 e. The Morgan fingerprint density at radius 3 is 2.00 bits per heavy atom. The fourth-order valence-corrected chi connectivity index (χ4v) is 4.30. The van der Waals surface area contributed by atoms with Crippen molar-refractivity contribution in [3.63, 3.8) is 0 Å². The number of amides is 1. The molecule has 5 nitrogen and oxygen atoms in total. The second kappa shape index (κ2) is 8.48. The van der Waals surface area contributed by atoms with Gasteiger partial charge in [0.2, 0.25) is 5.91 Å². The number of benzene rings is 3. The maximum absolute atomic E-state index is 13.2. The molecule has 1 aliphatic heterocycles. The van der Waals surface area contributed by atoms with Gasteiger partial charge >= 0.3 is 5.97 Å². The molecule has 0 fully saturated rings. The molecule has 1 N–H and O–H groups in total. The van der Waals surface area contributed by atoms with Gasteiger partial charge in [-0.15, -0.1) is 0 Å². The SMILES string of the molecule is CCOC(=O)/C=C1/Nc2ccccc2C(c2ccccc2)(c2ccccc2)N1C(C)=O. The van der Waals surface area contributed by atoms with E-state index in [0.29, 0.717) is 5.82 Å². The molecule has 156 valence electrons. The van der Waals surface area contributed by atoms with Gasteiger partial charge in [-0.25, -0.2) is 4.79 Å². The summed E-state index contributed by atoms with van der Waals surface area (Å²) in [5, 5.41) is 3.28. The van der Waals surface area contributed by atoms with Crippen molar-refractivity contribution in [1.82, 2.24) is 4.90 Å². The highest BCUT2D eigenvalue weighted by Crippen LogP contribution is 2.49. The van der Waals surface area contributed by atoms with Crippen molar-refractivity contribution in [2.75, 3.05) is 11.9 Å². The van der Waals surface area contributed by atoms with Crippen LogP contribution in [-0.4, -0.2) is 23.4 Å². The summed E-state index contributed by atoms with van der Waals surface area (Å²) < 4.78 is 5.15. The van der Waals surface area contributed by atoms with Gasteiger partial charge in [-0.05, 0) is 24.1 Å². The zero-order valence-corrected chi connectivity index (χ0v) is 17.5. The van der Waals surface area contributed by atoms with Crippen molar-refractivity contribution in [2.24, 2.45) is 0 Å². The average molecular weight is 412 g/mol. The molecule has 5 heteroatoms. The lowest BCUT2D eigenvalue weighted by Gasteiger charge is -2.49. The van der Waals surface area contributed by atoms with Gasteiger partial charge in [0.1, 0.15) is 11.4 Å². The normalized spacial score (nSPS) is 15.7. The number of ether oxygens (including phenoxy) is 1. The Bertz CT molecular complexity index is 1080. The van der Waals surface area contributed by atoms with Gasteiger partial charge in [-0.1, -0.05) is 78.9 Å². The van der Waals surface area contributed by atoms with Crippen LogP contribution in [0.5, 0.6) is 0 Å². The van der Waals surface area contributed by atoms with Gasteiger partial charge in [-0.3, -0.25) is 9.69 Å². The minimum absolute atomic E-state index is 0.203. The van der Waals surface area contributed by atoms with Crippen LogP contribution in [0.3, 0.4) is 0 Å². The maximum Gasteiger partial charge on any atom is 0.334 e. The summed E-state index contributed by atoms with van der Waals surface area (Å²) in [6, 6.07) is 27.6. The van der Waals surface area contributed by atoms with Crippen LogP contribution in [0.15, 0.2) is 96.8 Å². The Balaban J connectivity index is 2.11. The predicted octanol–water partition coefficient (Wildman–Crippen LogP) is 4.66. The molecule has 4 rings (SSSR count). The summed E-state index contributed by atoms with van der Waals surface area (Å²) >= 11 is 0. The van der Waals surface area contributed by atoms with Crippen molar-refractivity contribution in [2.45, 2.75) is 19.4 Å². The number of rotatable bonds is 4. The molecule has 1 amide bonds. The second-order valence-electron chi connectivity index (χ2n) is 7.25. The third-order valence-electron chi connectivity index (χ3n) is 5.40. The molecule has 0 aromatic heterocycles. The number of fused-ring (bicyclic) bond motifs is 1. The van der Waals surface area contributed by atoms with E-state index in [-0.39, 0.29) is 12.5 Å². The molecule has 0 bridgehead atoms. The van der Waals surface area contributed by atoms with Crippen LogP contribution < -0.4 is 5.32 Å². The van der Waals surface area contributed by atoms with Crippen LogP contribution in [0.1, 0.15) is 30.5 Å². The zero-order chi connectivity index (χ0) is 21.8. The van der Waals surface area contributed by atoms with E-state index in [0.717, 1.165) is 22.4 Å². The Morgan fingerprint density at radius 1 is 0.903 bits per heavy atom. The molecule has 0 spiro atoms. The van der Waals surface area contributed by atoms with Crippen molar-refractivity contribution < 1.29 is 14.3 Å². The van der Waals surface area contributed by atoms with Crippen LogP contribution >= 0.6 is 0 Å². The molecule has 31 heavy (non-hydrogen) atoms. The molecule has 0 radical (unpaired) electrons. The van der Waals surface area contributed by atoms with E-state index in [4.69, 9.17) is 4.74 Å². The highest BCUT2D eigenvalue weighted by atomic mass is 16.5. The third-order valence-corrected chi connectivity index (χ3v) is 5.40. The highest BCUT2D eigenvalue weighted by molar-refractivity contribution is 5.88. The van der Waals surface area contributed by atoms with E-state index >= 15 is 0 Å². The summed E-state index contributed by atoms with van der Waals surface area (Å²) in [7, 11) is 0. The van der Waals surface area contributed by atoms with Gasteiger partial charge < -0.3 is 10.1 Å². The second-order valence-corrected chi connectivity index (χ2v) is 7.25. The summed E-state index contributed by atoms with van der Waals surface area (Å²) in [5.74, 6) is -0.340. The van der Waals surface area contributed by atoms with Crippen molar-refractivity contribution >= 4 is 17.6 Å². The molecule has 1 heterocycles. The number of anilines is 1. The van der Waals surface area contributed by atoms with Crippen LogP contribution in [0.25, 0.3) is 0 Å². The number of esters is 1. The molecular formula is C26H24N2O3. The quantitative estimate of drug-likeness (QED) is 0.500. The molecule has 0 atom stereocenters. The fourth-order valence-electron chi connectivity index (χ4n) is 4.30. The first-order valence-electron chi connectivity index (χ1n) is 10.3. The highest BCUT2D eigenvalue weighted by Gasteiger charge is 2.49. The first-order valence-corrected chi connectivity index (χ1v) is 10.3. The molecule has 0 saturated carbocycles. The number of para-hydroxylation sites is 1. The van der Waals surface area contributed by atoms with Gasteiger partial charge in [0.25, 0.3) is 0 Å². The van der Waals surface area contributed by atoms with Crippen LogP contribution in [0.4, 0.5) is 5.69 Å². The molecule has 0 unspecified atom stereocenters. The molecule has 1 aliphatic rings. The van der Waals surface area contributed by atoms with E-state index in [1.807, 2.05) is 84.9 Å². The van der Waals surface area contributed by atoms with E-state index in [2.05, 4.69) is 5.32 Å². The van der Waals surface area contributed by atoms with E-state index < -0.39 is 11.5 Å². The van der Waals surface area contributed by atoms with E-state index in [1.165, 1.54) is 13.0 Å². The summed E-state index contributed by atoms with van der Waals surface area (Å²) in [6.45, 7) is 3.51. The van der Waals surface area contributed by atoms with Crippen molar-refractivity contribution in [1.29, 1.82) is 0 Å². The van der Waals surface area contributed by atoms with E-state index in [9.17, 15) is 9.59 Å². The zero-order valence-electron chi connectivity index (χ0n) is 17.5. The Hall–Kier alpha value is -3.86. The number of nitrogens with zero attached hydrogens (tertiary/aromatic N) is 1. The summed E-state index contributed by atoms with van der Waals surface area (Å²) in [6.07, 6.45) is 1.35. The van der Waals surface area contributed by atoms with Crippen LogP contribution in [0, 0.1) is 0 Å². The molecule has 3 aromatic carbocycles. The van der Waals surface area contributed by atoms with Crippen molar-refractivity contribution in [3.05, 3.63) is 114 Å². The minimum Gasteiger partial charge on any atom is -0.463 e. The third kappa shape index (κ3) is 3.48. The molecule has 0 aliphatic carbocycles. The number of hydrogen-bond acceptors (Lipinski definition) is 4. The first kappa shape index (κ1) is 20.4. The molecular weight excluding hydrogens is 388 g/mol. The van der Waals surface area contributed by atoms with E-state index in [1.54, 1.807) is 11.8 Å². The number of carbonyl (C=O) groups is 2. The topological polar surface area (TPSA) is 58.6 Å². The first-order chi connectivity index (χ1) is 15.1. The minimum atomic E-state index is -0.964. The maximum atomic E-state index is 13.2. The number of hydrogen-bond donors (Lipinski definition) is 1. The predicted molar refractivity (Wildman–Crippen MR) is 120 cm³/mol. The monoisotopic (exact) mass is 412 g/mol. The van der Waals surface area contributed by atoms with Crippen LogP contribution in [-0.2, 0) is 19.9 Å². The summed E-state index contributed by atoms with van der Waals surface area (Å²) in [4.78, 5) is 27.3. The largest absolute Gasteiger partial charge is 0.463 e. The fraction of sp³-hybridized carbons (Fsp3) is 0.154. The Morgan fingerprint density at radius 2 is 1.45 bits per heavy atom. The summed E-state index contributed by atoms with van der Waals surface area (Å²) in [5.41, 5.74) is 2.61. The lowest BCUT2D eigenvalue weighted by molar-refractivity contribution is -0.137. The van der Waals surface area contributed by atoms with Gasteiger partial charge in [0.15, 0.2) is 0 Å². The van der Waals surface area contributed by atoms with Gasteiger partial charge in [-0.2, -0.15) is 0 Å². The Labute approximate surface area is 182 Å². The molecule has 0 saturated heterocycles. The van der Waals surface area contributed by atoms with Crippen LogP contribution in [0.2, 0.25) is 0 Å². The van der Waals surface area contributed by atoms with Gasteiger partial charge in [0, 0.05) is 18.2 Å². The molecule has 3 aromatic rings.